The molecule has 0 spiro atoms. The van der Waals surface area contributed by atoms with Crippen molar-refractivity contribution in [2.75, 3.05) is 24.6 Å². The van der Waals surface area contributed by atoms with Crippen LogP contribution in [0.15, 0.2) is 48.5 Å². The zero-order valence-corrected chi connectivity index (χ0v) is 18.8. The van der Waals surface area contributed by atoms with E-state index in [9.17, 15) is 23.6 Å². The van der Waals surface area contributed by atoms with E-state index in [2.05, 4.69) is 5.32 Å². The third-order valence-electron chi connectivity index (χ3n) is 6.09. The number of amides is 3. The third-order valence-corrected chi connectivity index (χ3v) is 6.09. The maximum Gasteiger partial charge on any atom is 0.338 e. The number of ether oxygens (including phenoxy) is 1. The van der Waals surface area contributed by atoms with Gasteiger partial charge in [-0.05, 0) is 68.3 Å². The summed E-state index contributed by atoms with van der Waals surface area (Å²) in [5.41, 5.74) is 1.20. The van der Waals surface area contributed by atoms with Crippen LogP contribution < -0.4 is 10.2 Å². The van der Waals surface area contributed by atoms with E-state index in [1.54, 1.807) is 24.0 Å². The minimum absolute atomic E-state index is 0.00911. The summed E-state index contributed by atoms with van der Waals surface area (Å²) in [5, 5.41) is 3.28. The van der Waals surface area contributed by atoms with Crippen LogP contribution in [0, 0.1) is 5.82 Å². The number of carbonyl (C=O) groups excluding carboxylic acids is 4. The highest BCUT2D eigenvalue weighted by Crippen LogP contribution is 2.25. The molecule has 0 radical (unpaired) electrons. The summed E-state index contributed by atoms with van der Waals surface area (Å²) in [6.07, 6.45) is 1.32. The molecule has 34 heavy (non-hydrogen) atoms. The first-order chi connectivity index (χ1) is 16.4. The van der Waals surface area contributed by atoms with Gasteiger partial charge >= 0.3 is 5.97 Å². The first kappa shape index (κ1) is 23.6. The van der Waals surface area contributed by atoms with Crippen LogP contribution in [-0.2, 0) is 14.3 Å². The lowest BCUT2D eigenvalue weighted by atomic mass is 10.0. The molecule has 178 valence electrons. The lowest BCUT2D eigenvalue weighted by Gasteiger charge is -2.33. The molecular formula is C25H26FN3O5. The average Bonchev–Trinajstić information content (AvgIpc) is 3.12. The monoisotopic (exact) mass is 467 g/mol. The SMILES string of the molecule is CCOC(=O)c1ccc(N2C(=O)C[C@@H](NC3CCN(C(=O)c4ccc(F)cc4)CC3)C2=O)cc1. The van der Waals surface area contributed by atoms with Crippen molar-refractivity contribution in [2.45, 2.75) is 38.3 Å². The van der Waals surface area contributed by atoms with Gasteiger partial charge in [-0.1, -0.05) is 0 Å². The molecule has 2 aromatic carbocycles. The van der Waals surface area contributed by atoms with Gasteiger partial charge in [0.25, 0.3) is 11.8 Å². The van der Waals surface area contributed by atoms with Crippen LogP contribution in [-0.4, -0.2) is 60.4 Å². The molecule has 3 amide bonds. The smallest absolute Gasteiger partial charge is 0.338 e. The second-order valence-corrected chi connectivity index (χ2v) is 8.33. The zero-order valence-electron chi connectivity index (χ0n) is 18.8. The highest BCUT2D eigenvalue weighted by Gasteiger charge is 2.40. The predicted molar refractivity (Wildman–Crippen MR) is 122 cm³/mol. The van der Waals surface area contributed by atoms with Gasteiger partial charge in [0.05, 0.1) is 30.3 Å². The summed E-state index contributed by atoms with van der Waals surface area (Å²) in [6.45, 7) is 2.98. The highest BCUT2D eigenvalue weighted by molar-refractivity contribution is 6.22. The van der Waals surface area contributed by atoms with Crippen molar-refractivity contribution in [1.82, 2.24) is 10.2 Å². The van der Waals surface area contributed by atoms with E-state index < -0.39 is 12.0 Å². The quantitative estimate of drug-likeness (QED) is 0.518. The van der Waals surface area contributed by atoms with Gasteiger partial charge in [0, 0.05) is 24.7 Å². The number of esters is 1. The van der Waals surface area contributed by atoms with E-state index in [0.717, 1.165) is 4.90 Å². The minimum Gasteiger partial charge on any atom is -0.462 e. The maximum atomic E-state index is 13.1. The Balaban J connectivity index is 1.33. The molecule has 2 aliphatic heterocycles. The summed E-state index contributed by atoms with van der Waals surface area (Å²) < 4.78 is 18.1. The standard InChI is InChI=1S/C25H26FN3O5/c1-2-34-25(33)17-5-9-20(10-6-17)29-22(30)15-21(24(29)32)27-19-11-13-28(14-12-19)23(31)16-3-7-18(26)8-4-16/h3-10,19,21,27H,2,11-15H2,1H3/t21-/m1/s1. The van der Waals surface area contributed by atoms with Crippen LogP contribution in [0.4, 0.5) is 10.1 Å². The highest BCUT2D eigenvalue weighted by atomic mass is 19.1. The molecule has 2 aromatic rings. The first-order valence-corrected chi connectivity index (χ1v) is 11.3. The summed E-state index contributed by atoms with van der Waals surface area (Å²) >= 11 is 0. The number of hydrogen-bond donors (Lipinski definition) is 1. The van der Waals surface area contributed by atoms with Crippen LogP contribution in [0.2, 0.25) is 0 Å². The van der Waals surface area contributed by atoms with Crippen molar-refractivity contribution in [3.63, 3.8) is 0 Å². The topological polar surface area (TPSA) is 96.0 Å². The van der Waals surface area contributed by atoms with Gasteiger partial charge in [0.1, 0.15) is 5.82 Å². The van der Waals surface area contributed by atoms with Gasteiger partial charge in [0.2, 0.25) is 5.91 Å². The molecule has 2 aliphatic rings. The Labute approximate surface area is 196 Å². The normalized spacial score (nSPS) is 18.9. The van der Waals surface area contributed by atoms with E-state index in [4.69, 9.17) is 4.74 Å². The lowest BCUT2D eigenvalue weighted by Crippen LogP contribution is -2.49. The predicted octanol–water partition coefficient (Wildman–Crippen LogP) is 2.53. The fourth-order valence-corrected chi connectivity index (χ4v) is 4.30. The van der Waals surface area contributed by atoms with Crippen molar-refractivity contribution in [3.05, 3.63) is 65.5 Å². The fourth-order valence-electron chi connectivity index (χ4n) is 4.30. The zero-order chi connectivity index (χ0) is 24.2. The molecule has 0 aromatic heterocycles. The molecule has 0 unspecified atom stereocenters. The van der Waals surface area contributed by atoms with E-state index in [-0.39, 0.29) is 42.6 Å². The average molecular weight is 467 g/mol. The Hall–Kier alpha value is -3.59. The molecule has 0 aliphatic carbocycles. The van der Waals surface area contributed by atoms with Gasteiger partial charge in [-0.2, -0.15) is 0 Å². The number of imide groups is 1. The molecule has 1 atom stereocenters. The number of halogens is 1. The Morgan fingerprint density at radius 1 is 1.00 bits per heavy atom. The molecule has 0 bridgehead atoms. The number of hydrogen-bond acceptors (Lipinski definition) is 6. The molecule has 2 saturated heterocycles. The lowest BCUT2D eigenvalue weighted by molar-refractivity contribution is -0.121. The largest absolute Gasteiger partial charge is 0.462 e. The maximum absolute atomic E-state index is 13.1. The van der Waals surface area contributed by atoms with Crippen molar-refractivity contribution in [2.24, 2.45) is 0 Å². The van der Waals surface area contributed by atoms with E-state index >= 15 is 0 Å². The minimum atomic E-state index is -0.637. The molecule has 0 saturated carbocycles. The third kappa shape index (κ3) is 4.99. The number of nitrogens with one attached hydrogen (secondary N) is 1. The van der Waals surface area contributed by atoms with Crippen LogP contribution in [0.3, 0.4) is 0 Å². The number of benzene rings is 2. The molecule has 1 N–H and O–H groups in total. The Morgan fingerprint density at radius 2 is 1.62 bits per heavy atom. The van der Waals surface area contributed by atoms with Gasteiger partial charge in [-0.25, -0.2) is 14.1 Å². The van der Waals surface area contributed by atoms with Crippen molar-refractivity contribution >= 4 is 29.4 Å². The van der Waals surface area contributed by atoms with E-state index in [1.165, 1.54) is 36.4 Å². The summed E-state index contributed by atoms with van der Waals surface area (Å²) in [5.74, 6) is -1.65. The van der Waals surface area contributed by atoms with Crippen molar-refractivity contribution < 1.29 is 28.3 Å². The van der Waals surface area contributed by atoms with Crippen LogP contribution in [0.5, 0.6) is 0 Å². The van der Waals surface area contributed by atoms with Gasteiger partial charge < -0.3 is 15.0 Å². The summed E-state index contributed by atoms with van der Waals surface area (Å²) in [7, 11) is 0. The Kier molecular flexibility index (Phi) is 7.02. The number of likely N-dealkylation sites (tertiary alicyclic amines) is 1. The summed E-state index contributed by atoms with van der Waals surface area (Å²) in [4.78, 5) is 52.8. The number of piperidine rings is 1. The van der Waals surface area contributed by atoms with Crippen LogP contribution in [0.25, 0.3) is 0 Å². The second-order valence-electron chi connectivity index (χ2n) is 8.33. The molecule has 2 fully saturated rings. The van der Waals surface area contributed by atoms with Crippen LogP contribution in [0.1, 0.15) is 46.9 Å². The molecule has 2 heterocycles. The summed E-state index contributed by atoms with van der Waals surface area (Å²) in [6, 6.07) is 11.0. The molecular weight excluding hydrogens is 441 g/mol. The number of carbonyl (C=O) groups is 4. The van der Waals surface area contributed by atoms with Crippen LogP contribution >= 0.6 is 0 Å². The van der Waals surface area contributed by atoms with Crippen molar-refractivity contribution in [3.8, 4) is 0 Å². The van der Waals surface area contributed by atoms with Gasteiger partial charge in [-0.3, -0.25) is 14.4 Å². The van der Waals surface area contributed by atoms with E-state index in [1.807, 2.05) is 0 Å². The number of nitrogens with zero attached hydrogens (tertiary/aromatic N) is 2. The Bertz CT molecular complexity index is 1080. The first-order valence-electron chi connectivity index (χ1n) is 11.3. The Morgan fingerprint density at radius 3 is 2.24 bits per heavy atom. The van der Waals surface area contributed by atoms with Crippen molar-refractivity contribution in [1.29, 1.82) is 0 Å². The number of rotatable bonds is 6. The second kappa shape index (κ2) is 10.1. The molecule has 9 heteroatoms. The molecule has 4 rings (SSSR count). The van der Waals surface area contributed by atoms with E-state index in [0.29, 0.717) is 42.7 Å². The fraction of sp³-hybridized carbons (Fsp3) is 0.360. The van der Waals surface area contributed by atoms with Gasteiger partial charge in [-0.15, -0.1) is 0 Å². The van der Waals surface area contributed by atoms with Gasteiger partial charge in [0.15, 0.2) is 0 Å². The number of anilines is 1. The molecule has 8 nitrogen and oxygen atoms in total.